The monoisotopic (exact) mass is 519 g/mol. The zero-order valence-corrected chi connectivity index (χ0v) is 21.9. The Labute approximate surface area is 215 Å². The molecule has 0 bridgehead atoms. The first kappa shape index (κ1) is 25.8. The molecule has 4 rings (SSSR count). The van der Waals surface area contributed by atoms with Crippen LogP contribution in [0.15, 0.2) is 41.3 Å². The van der Waals surface area contributed by atoms with E-state index in [4.69, 9.17) is 25.8 Å². The maximum atomic E-state index is 13.9. The molecule has 0 radical (unpaired) electrons. The number of nitrogens with zero attached hydrogens (tertiary/aromatic N) is 3. The molecular weight excluding hydrogens is 490 g/mol. The number of ether oxygens (including phenoxy) is 3. The smallest absolute Gasteiger partial charge is 0.264 e. The van der Waals surface area contributed by atoms with Gasteiger partial charge in [0.05, 0.1) is 36.7 Å². The number of hydrogen-bond donors (Lipinski definition) is 0. The average molecular weight is 520 g/mol. The van der Waals surface area contributed by atoms with Crippen LogP contribution in [-0.4, -0.2) is 88.8 Å². The van der Waals surface area contributed by atoms with Gasteiger partial charge in [0.25, 0.3) is 5.91 Å². The van der Waals surface area contributed by atoms with Crippen molar-refractivity contribution in [2.24, 2.45) is 0 Å². The number of likely N-dealkylation sites (N-methyl/N-ethyl adjacent to an activating group) is 1. The summed E-state index contributed by atoms with van der Waals surface area (Å²) in [5.74, 6) is 0.465. The normalized spacial score (nSPS) is 21.4. The zero-order chi connectivity index (χ0) is 25.1. The number of hydrogen-bond acceptors (Lipinski definition) is 8. The number of methoxy groups -OCH3 is 3. The van der Waals surface area contributed by atoms with Crippen LogP contribution in [0.5, 0.6) is 11.5 Å². The van der Waals surface area contributed by atoms with Gasteiger partial charge in [-0.25, -0.2) is 4.90 Å². The standard InChI is InChI=1S/C25H30ClN3O5S/c1-27-9-11-28(12-10-27)15-22(30)29-19-13-18(26)20(33-3)14-21(19)35-24(23(34-4)25(29)31)16-5-7-17(32-2)8-6-16/h5-8,13-14,23-24H,9-12,15H2,1-4H3. The van der Waals surface area contributed by atoms with Crippen molar-refractivity contribution >= 4 is 40.9 Å². The maximum absolute atomic E-state index is 13.9. The number of fused-ring (bicyclic) bond motifs is 1. The molecule has 0 N–H and O–H groups in total. The number of halogens is 1. The fourth-order valence-corrected chi connectivity index (χ4v) is 5.91. The van der Waals surface area contributed by atoms with E-state index in [9.17, 15) is 9.59 Å². The van der Waals surface area contributed by atoms with Gasteiger partial charge in [-0.05, 0) is 36.9 Å². The summed E-state index contributed by atoms with van der Waals surface area (Å²) in [7, 11) is 6.69. The molecule has 2 aliphatic heterocycles. The molecular formula is C25H30ClN3O5S. The summed E-state index contributed by atoms with van der Waals surface area (Å²) in [6, 6.07) is 10.9. The van der Waals surface area contributed by atoms with Crippen LogP contribution < -0.4 is 14.4 Å². The van der Waals surface area contributed by atoms with Gasteiger partial charge in [0.1, 0.15) is 11.5 Å². The lowest BCUT2D eigenvalue weighted by Gasteiger charge is -2.33. The molecule has 1 saturated heterocycles. The second kappa shape index (κ2) is 11.2. The van der Waals surface area contributed by atoms with E-state index in [1.165, 1.54) is 30.9 Å². The molecule has 0 aromatic heterocycles. The minimum atomic E-state index is -0.887. The Kier molecular flexibility index (Phi) is 8.23. The van der Waals surface area contributed by atoms with Gasteiger partial charge < -0.3 is 19.1 Å². The SMILES string of the molecule is COc1ccc(C2Sc3cc(OC)c(Cl)cc3N(C(=O)CN3CCN(C)CC3)C(=O)C2OC)cc1. The number of carbonyl (C=O) groups excluding carboxylic acids is 2. The fraction of sp³-hybridized carbons (Fsp3) is 0.440. The van der Waals surface area contributed by atoms with Crippen molar-refractivity contribution in [2.75, 3.05) is 66.0 Å². The lowest BCUT2D eigenvalue weighted by atomic mass is 10.1. The first-order valence-electron chi connectivity index (χ1n) is 11.3. The molecule has 10 heteroatoms. The van der Waals surface area contributed by atoms with Crippen molar-refractivity contribution in [1.82, 2.24) is 9.80 Å². The summed E-state index contributed by atoms with van der Waals surface area (Å²) in [4.78, 5) is 33.8. The molecule has 2 amide bonds. The molecule has 35 heavy (non-hydrogen) atoms. The maximum Gasteiger partial charge on any atom is 0.264 e. The molecule has 0 aliphatic carbocycles. The van der Waals surface area contributed by atoms with Crippen molar-refractivity contribution in [1.29, 1.82) is 0 Å². The Morgan fingerprint density at radius 3 is 2.34 bits per heavy atom. The highest BCUT2D eigenvalue weighted by Gasteiger charge is 2.42. The third kappa shape index (κ3) is 5.44. The number of thioether (sulfide) groups is 1. The van der Waals surface area contributed by atoms with Gasteiger partial charge in [-0.3, -0.25) is 14.5 Å². The topological polar surface area (TPSA) is 71.6 Å². The fourth-order valence-electron chi connectivity index (χ4n) is 4.31. The predicted octanol–water partition coefficient (Wildman–Crippen LogP) is 3.33. The molecule has 2 aliphatic rings. The largest absolute Gasteiger partial charge is 0.497 e. The van der Waals surface area contributed by atoms with Crippen molar-refractivity contribution in [3.63, 3.8) is 0 Å². The van der Waals surface area contributed by atoms with Crippen LogP contribution in [0.4, 0.5) is 5.69 Å². The van der Waals surface area contributed by atoms with Gasteiger partial charge >= 0.3 is 0 Å². The lowest BCUT2D eigenvalue weighted by molar-refractivity contribution is -0.133. The number of piperazine rings is 1. The van der Waals surface area contributed by atoms with Crippen molar-refractivity contribution < 1.29 is 23.8 Å². The molecule has 188 valence electrons. The highest BCUT2D eigenvalue weighted by Crippen LogP contribution is 2.49. The zero-order valence-electron chi connectivity index (χ0n) is 20.3. The van der Waals surface area contributed by atoms with Crippen molar-refractivity contribution in [2.45, 2.75) is 16.2 Å². The number of rotatable bonds is 6. The Bertz CT molecular complexity index is 1080. The number of anilines is 1. The quantitative estimate of drug-likeness (QED) is 0.575. The number of benzene rings is 2. The lowest BCUT2D eigenvalue weighted by Crippen LogP contribution is -2.52. The first-order chi connectivity index (χ1) is 16.9. The van der Waals surface area contributed by atoms with E-state index in [-0.39, 0.29) is 12.5 Å². The minimum Gasteiger partial charge on any atom is -0.497 e. The van der Waals surface area contributed by atoms with Gasteiger partial charge in [0.15, 0.2) is 6.10 Å². The molecule has 0 saturated carbocycles. The predicted molar refractivity (Wildman–Crippen MR) is 137 cm³/mol. The highest BCUT2D eigenvalue weighted by molar-refractivity contribution is 7.99. The highest BCUT2D eigenvalue weighted by atomic mass is 35.5. The summed E-state index contributed by atoms with van der Waals surface area (Å²) in [6.07, 6.45) is -0.887. The minimum absolute atomic E-state index is 0.136. The number of carbonyl (C=O) groups is 2. The molecule has 2 heterocycles. The summed E-state index contributed by atoms with van der Waals surface area (Å²) >= 11 is 7.90. The van der Waals surface area contributed by atoms with E-state index in [0.29, 0.717) is 27.1 Å². The van der Waals surface area contributed by atoms with E-state index in [1.54, 1.807) is 19.2 Å². The van der Waals surface area contributed by atoms with Gasteiger partial charge in [0, 0.05) is 38.2 Å². The van der Waals surface area contributed by atoms with E-state index >= 15 is 0 Å². The third-order valence-electron chi connectivity index (χ3n) is 6.37. The Morgan fingerprint density at radius 2 is 1.74 bits per heavy atom. The Morgan fingerprint density at radius 1 is 1.06 bits per heavy atom. The van der Waals surface area contributed by atoms with Gasteiger partial charge in [-0.15, -0.1) is 11.8 Å². The molecule has 2 aromatic carbocycles. The first-order valence-corrected chi connectivity index (χ1v) is 12.6. The molecule has 2 unspecified atom stereocenters. The van der Waals surface area contributed by atoms with Gasteiger partial charge in [-0.2, -0.15) is 0 Å². The second-order valence-electron chi connectivity index (χ2n) is 8.57. The third-order valence-corrected chi connectivity index (χ3v) is 8.02. The Hall–Kier alpha value is -2.30. The molecule has 0 spiro atoms. The number of amides is 2. The summed E-state index contributed by atoms with van der Waals surface area (Å²) in [5.41, 5.74) is 1.33. The molecule has 2 aromatic rings. The summed E-state index contributed by atoms with van der Waals surface area (Å²) < 4.78 is 16.5. The van der Waals surface area contributed by atoms with Gasteiger partial charge in [-0.1, -0.05) is 23.7 Å². The summed E-state index contributed by atoms with van der Waals surface area (Å²) in [6.45, 7) is 3.40. The van der Waals surface area contributed by atoms with Crippen LogP contribution >= 0.6 is 23.4 Å². The number of imide groups is 1. The van der Waals surface area contributed by atoms with Crippen LogP contribution in [0.1, 0.15) is 10.8 Å². The van der Waals surface area contributed by atoms with Crippen LogP contribution in [-0.2, 0) is 14.3 Å². The van der Waals surface area contributed by atoms with Crippen molar-refractivity contribution in [3.05, 3.63) is 47.0 Å². The van der Waals surface area contributed by atoms with Gasteiger partial charge in [0.2, 0.25) is 5.91 Å². The molecule has 2 atom stereocenters. The molecule has 8 nitrogen and oxygen atoms in total. The van der Waals surface area contributed by atoms with Crippen LogP contribution in [0.2, 0.25) is 5.02 Å². The molecule has 1 fully saturated rings. The summed E-state index contributed by atoms with van der Waals surface area (Å²) in [5, 5.41) is -0.0709. The second-order valence-corrected chi connectivity index (χ2v) is 10.2. The van der Waals surface area contributed by atoms with E-state index in [2.05, 4.69) is 16.8 Å². The van der Waals surface area contributed by atoms with Crippen LogP contribution in [0.25, 0.3) is 0 Å². The van der Waals surface area contributed by atoms with Crippen LogP contribution in [0.3, 0.4) is 0 Å². The van der Waals surface area contributed by atoms with Crippen molar-refractivity contribution in [3.8, 4) is 11.5 Å². The van der Waals surface area contributed by atoms with E-state index in [0.717, 1.165) is 31.7 Å². The van der Waals surface area contributed by atoms with E-state index in [1.807, 2.05) is 24.3 Å². The Balaban J connectivity index is 1.74. The van der Waals surface area contributed by atoms with Crippen LogP contribution in [0, 0.1) is 0 Å². The van der Waals surface area contributed by atoms with E-state index < -0.39 is 17.3 Å². The average Bonchev–Trinajstić information content (AvgIpc) is 2.98.